The molecule has 0 bridgehead atoms. The van der Waals surface area contributed by atoms with Crippen LogP contribution in [0.1, 0.15) is 28.3 Å². The highest BCUT2D eigenvalue weighted by Crippen LogP contribution is 2.15. The number of furan rings is 1. The van der Waals surface area contributed by atoms with Gasteiger partial charge in [-0.3, -0.25) is 4.79 Å². The fraction of sp³-hybridized carbons (Fsp3) is 0.571. The minimum Gasteiger partial charge on any atom is -0.465 e. The summed E-state index contributed by atoms with van der Waals surface area (Å²) in [5.41, 5.74) is 0.379. The van der Waals surface area contributed by atoms with Crippen LogP contribution in [0.2, 0.25) is 0 Å². The molecule has 0 radical (unpaired) electrons. The van der Waals surface area contributed by atoms with E-state index in [4.69, 9.17) is 9.15 Å². The minimum atomic E-state index is -0.447. The summed E-state index contributed by atoms with van der Waals surface area (Å²) < 4.78 is 15.4. The van der Waals surface area contributed by atoms with Crippen molar-refractivity contribution in [1.82, 2.24) is 10.6 Å². The Balaban J connectivity index is 0.00000242. The van der Waals surface area contributed by atoms with Crippen LogP contribution < -0.4 is 10.6 Å². The Morgan fingerprint density at radius 3 is 2.91 bits per heavy atom. The number of morpholine rings is 1. The largest absolute Gasteiger partial charge is 0.465 e. The first kappa shape index (κ1) is 18.5. The molecule has 124 valence electrons. The summed E-state index contributed by atoms with van der Waals surface area (Å²) >= 11 is 0. The standard InChI is InChI=1S/C14H20N2O5.ClH/c1-9-12(14(18)19-2)6-11(21-9)7-16-13(17)5-10-8-20-4-3-15-10;/h6,10,15H,3-5,7-8H2,1-2H3,(H,16,17);1H. The van der Waals surface area contributed by atoms with E-state index in [1.165, 1.54) is 7.11 Å². The summed E-state index contributed by atoms with van der Waals surface area (Å²) in [5, 5.41) is 5.98. The molecule has 2 rings (SSSR count). The van der Waals surface area contributed by atoms with Gasteiger partial charge in [0.1, 0.15) is 17.1 Å². The van der Waals surface area contributed by atoms with E-state index in [-0.39, 0.29) is 30.9 Å². The summed E-state index contributed by atoms with van der Waals surface area (Å²) in [6.07, 6.45) is 0.351. The summed E-state index contributed by atoms with van der Waals surface area (Å²) in [7, 11) is 1.31. The third kappa shape index (κ3) is 5.01. The summed E-state index contributed by atoms with van der Waals surface area (Å²) in [6.45, 7) is 3.91. The summed E-state index contributed by atoms with van der Waals surface area (Å²) in [4.78, 5) is 23.3. The molecule has 0 spiro atoms. The Bertz CT molecular complexity index is 511. The van der Waals surface area contributed by atoms with E-state index in [1.54, 1.807) is 13.0 Å². The average molecular weight is 333 g/mol. The van der Waals surface area contributed by atoms with Gasteiger partial charge in [0.15, 0.2) is 0 Å². The highest BCUT2D eigenvalue weighted by Gasteiger charge is 2.18. The first-order valence-corrected chi connectivity index (χ1v) is 6.85. The number of methoxy groups -OCH3 is 1. The molecule has 7 nitrogen and oxygen atoms in total. The van der Waals surface area contributed by atoms with Gasteiger partial charge in [0, 0.05) is 19.0 Å². The second kappa shape index (κ2) is 8.77. The quantitative estimate of drug-likeness (QED) is 0.775. The van der Waals surface area contributed by atoms with Gasteiger partial charge in [0.2, 0.25) is 5.91 Å². The van der Waals surface area contributed by atoms with Gasteiger partial charge >= 0.3 is 5.97 Å². The van der Waals surface area contributed by atoms with Crippen LogP contribution in [0.25, 0.3) is 0 Å². The zero-order chi connectivity index (χ0) is 15.2. The number of hydrogen-bond donors (Lipinski definition) is 2. The Labute approximate surface area is 135 Å². The van der Waals surface area contributed by atoms with Crippen LogP contribution in [0.4, 0.5) is 0 Å². The highest BCUT2D eigenvalue weighted by atomic mass is 35.5. The second-order valence-corrected chi connectivity index (χ2v) is 4.88. The highest BCUT2D eigenvalue weighted by molar-refractivity contribution is 5.90. The van der Waals surface area contributed by atoms with Gasteiger partial charge in [-0.1, -0.05) is 0 Å². The first-order chi connectivity index (χ1) is 10.1. The molecule has 0 saturated carbocycles. The SMILES string of the molecule is COC(=O)c1cc(CNC(=O)CC2COCCN2)oc1C.Cl. The van der Waals surface area contributed by atoms with E-state index in [9.17, 15) is 9.59 Å². The Morgan fingerprint density at radius 1 is 1.50 bits per heavy atom. The molecule has 22 heavy (non-hydrogen) atoms. The van der Waals surface area contributed by atoms with E-state index >= 15 is 0 Å². The molecule has 2 N–H and O–H groups in total. The van der Waals surface area contributed by atoms with E-state index in [0.29, 0.717) is 36.7 Å². The number of amides is 1. The number of halogens is 1. The molecule has 1 aliphatic rings. The lowest BCUT2D eigenvalue weighted by atomic mass is 10.2. The number of ether oxygens (including phenoxy) is 2. The Kier molecular flexibility index (Phi) is 7.37. The average Bonchev–Trinajstić information content (AvgIpc) is 2.86. The maximum absolute atomic E-state index is 11.8. The lowest BCUT2D eigenvalue weighted by Gasteiger charge is -2.23. The molecule has 2 heterocycles. The molecular weight excluding hydrogens is 312 g/mol. The molecule has 8 heteroatoms. The van der Waals surface area contributed by atoms with Crippen LogP contribution in [0.15, 0.2) is 10.5 Å². The van der Waals surface area contributed by atoms with Gasteiger partial charge in [-0.25, -0.2) is 4.79 Å². The number of hydrogen-bond acceptors (Lipinski definition) is 6. The zero-order valence-corrected chi connectivity index (χ0v) is 13.5. The van der Waals surface area contributed by atoms with Crippen molar-refractivity contribution in [3.05, 3.63) is 23.2 Å². The van der Waals surface area contributed by atoms with Crippen LogP contribution in [0, 0.1) is 6.92 Å². The van der Waals surface area contributed by atoms with Gasteiger partial charge in [0.25, 0.3) is 0 Å². The van der Waals surface area contributed by atoms with Crippen LogP contribution in [-0.2, 0) is 20.8 Å². The number of carbonyl (C=O) groups excluding carboxylic acids is 2. The van der Waals surface area contributed by atoms with E-state index in [0.717, 1.165) is 6.54 Å². The van der Waals surface area contributed by atoms with Crippen LogP contribution in [0.3, 0.4) is 0 Å². The Hall–Kier alpha value is -1.57. The van der Waals surface area contributed by atoms with E-state index in [2.05, 4.69) is 15.4 Å². The van der Waals surface area contributed by atoms with Crippen molar-refractivity contribution >= 4 is 24.3 Å². The third-order valence-corrected chi connectivity index (χ3v) is 3.26. The fourth-order valence-corrected chi connectivity index (χ4v) is 2.18. The number of nitrogens with one attached hydrogen (secondary N) is 2. The topological polar surface area (TPSA) is 89.8 Å². The molecule has 1 unspecified atom stereocenters. The number of rotatable bonds is 5. The van der Waals surface area contributed by atoms with Crippen molar-refractivity contribution in [2.45, 2.75) is 25.9 Å². The molecule has 1 aromatic heterocycles. The molecular formula is C14H21ClN2O5. The van der Waals surface area contributed by atoms with Crippen molar-refractivity contribution in [2.75, 3.05) is 26.9 Å². The molecule has 1 amide bonds. The lowest BCUT2D eigenvalue weighted by Crippen LogP contribution is -2.44. The van der Waals surface area contributed by atoms with Crippen molar-refractivity contribution < 1.29 is 23.5 Å². The van der Waals surface area contributed by atoms with Gasteiger partial charge in [-0.15, -0.1) is 12.4 Å². The predicted octanol–water partition coefficient (Wildman–Crippen LogP) is 0.791. The van der Waals surface area contributed by atoms with Crippen LogP contribution in [0.5, 0.6) is 0 Å². The van der Waals surface area contributed by atoms with Gasteiger partial charge in [-0.05, 0) is 13.0 Å². The van der Waals surface area contributed by atoms with Crippen LogP contribution >= 0.6 is 12.4 Å². The number of esters is 1. The van der Waals surface area contributed by atoms with Crippen molar-refractivity contribution in [1.29, 1.82) is 0 Å². The molecule has 1 aliphatic heterocycles. The zero-order valence-electron chi connectivity index (χ0n) is 12.6. The summed E-state index contributed by atoms with van der Waals surface area (Å²) in [6, 6.07) is 1.63. The Morgan fingerprint density at radius 2 is 2.27 bits per heavy atom. The molecule has 1 atom stereocenters. The fourth-order valence-electron chi connectivity index (χ4n) is 2.18. The van der Waals surface area contributed by atoms with Gasteiger partial charge in [0.05, 0.1) is 26.9 Å². The van der Waals surface area contributed by atoms with Crippen molar-refractivity contribution in [2.24, 2.45) is 0 Å². The molecule has 0 aliphatic carbocycles. The first-order valence-electron chi connectivity index (χ1n) is 6.85. The molecule has 0 aromatic carbocycles. The predicted molar refractivity (Wildman–Crippen MR) is 81.1 cm³/mol. The van der Waals surface area contributed by atoms with Gasteiger partial charge in [-0.2, -0.15) is 0 Å². The van der Waals surface area contributed by atoms with Gasteiger partial charge < -0.3 is 24.5 Å². The molecule has 1 fully saturated rings. The number of carbonyl (C=O) groups is 2. The molecule has 1 aromatic rings. The van der Waals surface area contributed by atoms with Crippen LogP contribution in [-0.4, -0.2) is 44.8 Å². The van der Waals surface area contributed by atoms with E-state index < -0.39 is 5.97 Å². The third-order valence-electron chi connectivity index (χ3n) is 3.26. The summed E-state index contributed by atoms with van der Waals surface area (Å²) in [5.74, 6) is 0.464. The normalized spacial score (nSPS) is 17.5. The maximum Gasteiger partial charge on any atom is 0.341 e. The van der Waals surface area contributed by atoms with Crippen molar-refractivity contribution in [3.8, 4) is 0 Å². The second-order valence-electron chi connectivity index (χ2n) is 4.88. The lowest BCUT2D eigenvalue weighted by molar-refractivity contribution is -0.122. The van der Waals surface area contributed by atoms with Crippen molar-refractivity contribution in [3.63, 3.8) is 0 Å². The maximum atomic E-state index is 11.8. The number of aryl methyl sites for hydroxylation is 1. The van der Waals surface area contributed by atoms with E-state index in [1.807, 2.05) is 0 Å². The molecule has 1 saturated heterocycles. The smallest absolute Gasteiger partial charge is 0.341 e. The minimum absolute atomic E-state index is 0. The monoisotopic (exact) mass is 332 g/mol.